The van der Waals surface area contributed by atoms with Crippen LogP contribution in [-0.2, 0) is 0 Å². The highest BCUT2D eigenvalue weighted by Crippen LogP contribution is 2.30. The summed E-state index contributed by atoms with van der Waals surface area (Å²) in [5, 5.41) is 1.38. The maximum Gasteiger partial charge on any atom is 0.274 e. The quantitative estimate of drug-likeness (QED) is 0.696. The molecule has 2 heterocycles. The number of aromatic amines is 1. The van der Waals surface area contributed by atoms with E-state index in [1.165, 1.54) is 11.8 Å². The van der Waals surface area contributed by atoms with Crippen molar-refractivity contribution in [2.45, 2.75) is 9.92 Å². The first-order valence-electron chi connectivity index (χ1n) is 5.62. The number of nitrogen functional groups attached to an aromatic ring is 1. The van der Waals surface area contributed by atoms with E-state index < -0.39 is 0 Å². The van der Waals surface area contributed by atoms with Crippen LogP contribution in [-0.4, -0.2) is 15.0 Å². The van der Waals surface area contributed by atoms with Gasteiger partial charge in [0, 0.05) is 16.5 Å². The molecule has 0 bridgehead atoms. The molecule has 3 rings (SSSR count). The third-order valence-electron chi connectivity index (χ3n) is 2.57. The van der Waals surface area contributed by atoms with Gasteiger partial charge >= 0.3 is 0 Å². The fourth-order valence-electron chi connectivity index (χ4n) is 1.74. The summed E-state index contributed by atoms with van der Waals surface area (Å²) in [5.74, 6) is 0.0997. The molecule has 6 heteroatoms. The smallest absolute Gasteiger partial charge is 0.274 e. The van der Waals surface area contributed by atoms with Crippen LogP contribution in [0.15, 0.2) is 57.3 Å². The summed E-state index contributed by atoms with van der Waals surface area (Å²) >= 11 is 1.46. The summed E-state index contributed by atoms with van der Waals surface area (Å²) in [6.07, 6.45) is 1.58. The molecule has 0 amide bonds. The summed E-state index contributed by atoms with van der Waals surface area (Å²) in [6.45, 7) is 0. The van der Waals surface area contributed by atoms with Gasteiger partial charge in [0.05, 0.1) is 0 Å². The first-order valence-corrected chi connectivity index (χ1v) is 6.43. The normalized spacial score (nSPS) is 10.7. The predicted molar refractivity (Wildman–Crippen MR) is 75.1 cm³/mol. The Morgan fingerprint density at radius 2 is 1.89 bits per heavy atom. The summed E-state index contributed by atoms with van der Waals surface area (Å²) in [5.41, 5.74) is 5.71. The number of benzene rings is 1. The molecule has 19 heavy (non-hydrogen) atoms. The lowest BCUT2D eigenvalue weighted by molar-refractivity contribution is 1.10. The zero-order valence-electron chi connectivity index (χ0n) is 9.83. The van der Waals surface area contributed by atoms with Crippen LogP contribution in [0.1, 0.15) is 0 Å². The van der Waals surface area contributed by atoms with Gasteiger partial charge in [-0.1, -0.05) is 30.0 Å². The van der Waals surface area contributed by atoms with Gasteiger partial charge in [-0.15, -0.1) is 0 Å². The van der Waals surface area contributed by atoms with Crippen LogP contribution in [0.4, 0.5) is 5.95 Å². The Balaban J connectivity index is 2.18. The number of H-pyrrole nitrogens is 1. The number of anilines is 1. The minimum Gasteiger partial charge on any atom is -0.368 e. The number of nitrogens with two attached hydrogens (primary N) is 1. The van der Waals surface area contributed by atoms with Gasteiger partial charge in [0.25, 0.3) is 5.56 Å². The minimum absolute atomic E-state index is 0.0997. The number of aromatic nitrogens is 3. The molecule has 0 radical (unpaired) electrons. The molecule has 0 aliphatic rings. The molecule has 0 fully saturated rings. The Bertz CT molecular complexity index is 786. The molecular formula is C13H10N4OS. The lowest BCUT2D eigenvalue weighted by atomic mass is 10.3. The van der Waals surface area contributed by atoms with Crippen molar-refractivity contribution in [2.75, 3.05) is 5.73 Å². The SMILES string of the molecule is Nc1nc(Sc2ccccc2)c2cc[nH]c(=O)c2n1. The average molecular weight is 270 g/mol. The van der Waals surface area contributed by atoms with Crippen molar-refractivity contribution >= 4 is 28.6 Å². The van der Waals surface area contributed by atoms with Crippen molar-refractivity contribution in [3.8, 4) is 0 Å². The van der Waals surface area contributed by atoms with E-state index in [2.05, 4.69) is 15.0 Å². The Morgan fingerprint density at radius 3 is 2.68 bits per heavy atom. The van der Waals surface area contributed by atoms with Crippen LogP contribution < -0.4 is 11.3 Å². The van der Waals surface area contributed by atoms with Gasteiger partial charge in [-0.25, -0.2) is 9.97 Å². The van der Waals surface area contributed by atoms with Crippen LogP contribution in [0.2, 0.25) is 0 Å². The highest BCUT2D eigenvalue weighted by molar-refractivity contribution is 7.99. The Kier molecular flexibility index (Phi) is 2.92. The molecule has 3 aromatic rings. The maximum absolute atomic E-state index is 11.7. The van der Waals surface area contributed by atoms with Crippen LogP contribution in [0.5, 0.6) is 0 Å². The first-order chi connectivity index (χ1) is 9.24. The lowest BCUT2D eigenvalue weighted by Crippen LogP contribution is -2.09. The number of hydrogen-bond donors (Lipinski definition) is 2. The van der Waals surface area contributed by atoms with Crippen molar-refractivity contribution in [1.29, 1.82) is 0 Å². The van der Waals surface area contributed by atoms with E-state index in [0.29, 0.717) is 15.9 Å². The monoisotopic (exact) mass is 270 g/mol. The van der Waals surface area contributed by atoms with Gasteiger partial charge in [-0.3, -0.25) is 4.79 Å². The zero-order valence-corrected chi connectivity index (χ0v) is 10.6. The van der Waals surface area contributed by atoms with E-state index >= 15 is 0 Å². The predicted octanol–water partition coefficient (Wildman–Crippen LogP) is 2.05. The summed E-state index contributed by atoms with van der Waals surface area (Å²) in [4.78, 5) is 23.5. The molecule has 0 saturated carbocycles. The molecule has 0 saturated heterocycles. The molecule has 94 valence electrons. The zero-order chi connectivity index (χ0) is 13.2. The van der Waals surface area contributed by atoms with Crippen molar-refractivity contribution in [3.63, 3.8) is 0 Å². The second-order valence-electron chi connectivity index (χ2n) is 3.87. The third kappa shape index (κ3) is 2.30. The lowest BCUT2D eigenvalue weighted by Gasteiger charge is -2.05. The van der Waals surface area contributed by atoms with Gasteiger partial charge in [0.15, 0.2) is 0 Å². The van der Waals surface area contributed by atoms with Crippen molar-refractivity contribution in [1.82, 2.24) is 15.0 Å². The highest BCUT2D eigenvalue weighted by Gasteiger charge is 2.10. The van der Waals surface area contributed by atoms with Gasteiger partial charge in [-0.05, 0) is 18.2 Å². The molecule has 1 aromatic carbocycles. The molecular weight excluding hydrogens is 260 g/mol. The Labute approximate surface area is 112 Å². The number of fused-ring (bicyclic) bond motifs is 1. The molecule has 5 nitrogen and oxygen atoms in total. The molecule has 0 spiro atoms. The van der Waals surface area contributed by atoms with Gasteiger partial charge in [-0.2, -0.15) is 0 Å². The van der Waals surface area contributed by atoms with Crippen molar-refractivity contribution < 1.29 is 0 Å². The molecule has 2 aromatic heterocycles. The molecule has 3 N–H and O–H groups in total. The van der Waals surface area contributed by atoms with Gasteiger partial charge in [0.1, 0.15) is 10.5 Å². The van der Waals surface area contributed by atoms with Crippen molar-refractivity contribution in [3.05, 3.63) is 52.9 Å². The minimum atomic E-state index is -0.262. The number of pyridine rings is 1. The van der Waals surface area contributed by atoms with E-state index in [0.717, 1.165) is 4.90 Å². The summed E-state index contributed by atoms with van der Waals surface area (Å²) in [6, 6.07) is 11.6. The van der Waals surface area contributed by atoms with Gasteiger partial charge < -0.3 is 10.7 Å². The first kappa shape index (κ1) is 11.7. The van der Waals surface area contributed by atoms with E-state index in [1.807, 2.05) is 30.3 Å². The van der Waals surface area contributed by atoms with E-state index in [9.17, 15) is 4.79 Å². The van der Waals surface area contributed by atoms with Crippen LogP contribution in [0.25, 0.3) is 10.9 Å². The highest BCUT2D eigenvalue weighted by atomic mass is 32.2. The Morgan fingerprint density at radius 1 is 1.11 bits per heavy atom. The third-order valence-corrected chi connectivity index (χ3v) is 3.58. The summed E-state index contributed by atoms with van der Waals surface area (Å²) in [7, 11) is 0. The second-order valence-corrected chi connectivity index (χ2v) is 4.93. The van der Waals surface area contributed by atoms with Crippen LogP contribution >= 0.6 is 11.8 Å². The van der Waals surface area contributed by atoms with Gasteiger partial charge in [0.2, 0.25) is 5.95 Å². The van der Waals surface area contributed by atoms with Crippen LogP contribution in [0, 0.1) is 0 Å². The topological polar surface area (TPSA) is 84.7 Å². The fraction of sp³-hybridized carbons (Fsp3) is 0. The molecule has 0 unspecified atom stereocenters. The standard InChI is InChI=1S/C13H10N4OS/c14-13-16-10-9(6-7-15-11(10)18)12(17-13)19-8-4-2-1-3-5-8/h1-7H,(H,15,18)(H2,14,16,17). The van der Waals surface area contributed by atoms with E-state index in [-0.39, 0.29) is 11.5 Å². The van der Waals surface area contributed by atoms with Crippen LogP contribution in [0.3, 0.4) is 0 Å². The second kappa shape index (κ2) is 4.74. The number of rotatable bonds is 2. The van der Waals surface area contributed by atoms with E-state index in [4.69, 9.17) is 5.73 Å². The fourth-order valence-corrected chi connectivity index (χ4v) is 2.67. The number of nitrogens with one attached hydrogen (secondary N) is 1. The molecule has 0 aliphatic heterocycles. The number of hydrogen-bond acceptors (Lipinski definition) is 5. The Hall–Kier alpha value is -2.34. The maximum atomic E-state index is 11.7. The van der Waals surface area contributed by atoms with Crippen molar-refractivity contribution in [2.24, 2.45) is 0 Å². The number of nitrogens with zero attached hydrogens (tertiary/aromatic N) is 2. The average Bonchev–Trinajstić information content (AvgIpc) is 2.41. The van der Waals surface area contributed by atoms with E-state index in [1.54, 1.807) is 12.3 Å². The molecule has 0 atom stereocenters. The largest absolute Gasteiger partial charge is 0.368 e. The molecule has 0 aliphatic carbocycles. The summed E-state index contributed by atoms with van der Waals surface area (Å²) < 4.78 is 0.